The summed E-state index contributed by atoms with van der Waals surface area (Å²) in [6, 6.07) is 16.8. The topological polar surface area (TPSA) is 93.1 Å². The molecule has 1 unspecified atom stereocenters. The molecule has 0 saturated heterocycles. The quantitative estimate of drug-likeness (QED) is 0.389. The number of hydrogen-bond acceptors (Lipinski definition) is 5. The number of hydrogen-bond donors (Lipinski definition) is 2. The molecule has 7 nitrogen and oxygen atoms in total. The average Bonchev–Trinajstić information content (AvgIpc) is 3.46. The van der Waals surface area contributed by atoms with Crippen molar-refractivity contribution in [2.75, 3.05) is 4.72 Å². The highest BCUT2D eigenvalue weighted by molar-refractivity contribution is 7.94. The maximum Gasteiger partial charge on any atom is 0.271 e. The minimum absolute atomic E-state index is 0.122. The van der Waals surface area contributed by atoms with E-state index in [-0.39, 0.29) is 16.2 Å². The lowest BCUT2D eigenvalue weighted by atomic mass is 10.1. The first kappa shape index (κ1) is 22.1. The number of benzene rings is 2. The van der Waals surface area contributed by atoms with Crippen molar-refractivity contribution in [3.8, 4) is 5.69 Å². The van der Waals surface area contributed by atoms with Gasteiger partial charge in [0.2, 0.25) is 0 Å². The first-order valence-electron chi connectivity index (χ1n) is 9.59. The molecule has 0 aliphatic rings. The standard InChI is InChI=1S/C22H19ClN4O3S2/c1-15(16-4-8-19(9-5-16)27-13-12-24-14-27)25-22(28)17-2-6-18(7-3-17)26-32(29,30)21-11-10-20(23)31-21/h2-15,26H,1H3,(H,25,28). The third kappa shape index (κ3) is 5.01. The average molecular weight is 487 g/mol. The number of anilines is 1. The molecule has 0 fully saturated rings. The normalized spacial score (nSPS) is 12.3. The van der Waals surface area contributed by atoms with Crippen LogP contribution in [0.25, 0.3) is 5.69 Å². The summed E-state index contributed by atoms with van der Waals surface area (Å²) < 4.78 is 29.7. The van der Waals surface area contributed by atoms with Gasteiger partial charge in [-0.05, 0) is 61.0 Å². The number of imidazole rings is 1. The van der Waals surface area contributed by atoms with E-state index >= 15 is 0 Å². The smallest absolute Gasteiger partial charge is 0.271 e. The number of halogens is 1. The Morgan fingerprint density at radius 1 is 1.06 bits per heavy atom. The fraction of sp³-hybridized carbons (Fsp3) is 0.0909. The van der Waals surface area contributed by atoms with Crippen molar-refractivity contribution in [1.82, 2.24) is 14.9 Å². The molecule has 1 atom stereocenters. The van der Waals surface area contributed by atoms with E-state index in [1.54, 1.807) is 36.8 Å². The van der Waals surface area contributed by atoms with E-state index in [2.05, 4.69) is 15.0 Å². The number of sulfonamides is 1. The Morgan fingerprint density at radius 2 is 1.78 bits per heavy atom. The summed E-state index contributed by atoms with van der Waals surface area (Å²) >= 11 is 6.79. The van der Waals surface area contributed by atoms with E-state index in [0.717, 1.165) is 22.6 Å². The maximum absolute atomic E-state index is 12.6. The van der Waals surface area contributed by atoms with E-state index in [9.17, 15) is 13.2 Å². The van der Waals surface area contributed by atoms with Crippen LogP contribution in [-0.2, 0) is 10.0 Å². The van der Waals surface area contributed by atoms with Crippen molar-refractivity contribution >= 4 is 44.6 Å². The van der Waals surface area contributed by atoms with Crippen LogP contribution >= 0.6 is 22.9 Å². The first-order valence-corrected chi connectivity index (χ1v) is 12.3. The molecule has 0 spiro atoms. The van der Waals surface area contributed by atoms with Crippen molar-refractivity contribution < 1.29 is 13.2 Å². The van der Waals surface area contributed by atoms with E-state index < -0.39 is 10.0 Å². The van der Waals surface area contributed by atoms with Gasteiger partial charge in [-0.3, -0.25) is 9.52 Å². The van der Waals surface area contributed by atoms with Crippen LogP contribution in [0.1, 0.15) is 28.9 Å². The Hall–Kier alpha value is -3.14. The molecule has 0 bridgehead atoms. The van der Waals surface area contributed by atoms with Crippen LogP contribution in [0.15, 0.2) is 83.6 Å². The summed E-state index contributed by atoms with van der Waals surface area (Å²) in [6.07, 6.45) is 5.30. The molecular formula is C22H19ClN4O3S2. The molecule has 0 saturated carbocycles. The highest BCUT2D eigenvalue weighted by Crippen LogP contribution is 2.27. The fourth-order valence-corrected chi connectivity index (χ4v) is 5.59. The molecule has 164 valence electrons. The highest BCUT2D eigenvalue weighted by atomic mass is 35.5. The molecule has 2 heterocycles. The lowest BCUT2D eigenvalue weighted by Gasteiger charge is -2.15. The Kier molecular flexibility index (Phi) is 6.31. The maximum atomic E-state index is 12.6. The lowest BCUT2D eigenvalue weighted by molar-refractivity contribution is 0.0940. The number of rotatable bonds is 7. The second-order valence-electron chi connectivity index (χ2n) is 7.00. The third-order valence-electron chi connectivity index (χ3n) is 4.76. The summed E-state index contributed by atoms with van der Waals surface area (Å²) in [4.78, 5) is 16.7. The highest BCUT2D eigenvalue weighted by Gasteiger charge is 2.17. The van der Waals surface area contributed by atoms with Crippen LogP contribution in [0.3, 0.4) is 0 Å². The van der Waals surface area contributed by atoms with E-state index in [4.69, 9.17) is 11.6 Å². The van der Waals surface area contributed by atoms with Gasteiger partial charge in [0.15, 0.2) is 0 Å². The van der Waals surface area contributed by atoms with Crippen LogP contribution in [0.5, 0.6) is 0 Å². The van der Waals surface area contributed by atoms with Crippen molar-refractivity contribution in [1.29, 1.82) is 0 Å². The third-order valence-corrected chi connectivity index (χ3v) is 7.86. The number of nitrogens with one attached hydrogen (secondary N) is 2. The zero-order valence-electron chi connectivity index (χ0n) is 16.9. The number of thiophene rings is 1. The molecule has 4 rings (SSSR count). The number of carbonyl (C=O) groups is 1. The van der Waals surface area contributed by atoms with Crippen LogP contribution in [-0.4, -0.2) is 23.9 Å². The molecule has 2 aromatic heterocycles. The van der Waals surface area contributed by atoms with Gasteiger partial charge >= 0.3 is 0 Å². The van der Waals surface area contributed by atoms with Gasteiger partial charge in [-0.15, -0.1) is 11.3 Å². The summed E-state index contributed by atoms with van der Waals surface area (Å²) in [5, 5.41) is 2.95. The molecule has 2 aromatic carbocycles. The largest absolute Gasteiger partial charge is 0.346 e. The van der Waals surface area contributed by atoms with Crippen molar-refractivity contribution in [3.63, 3.8) is 0 Å². The molecular weight excluding hydrogens is 468 g/mol. The van der Waals surface area contributed by atoms with Gasteiger partial charge in [-0.25, -0.2) is 13.4 Å². The lowest BCUT2D eigenvalue weighted by Crippen LogP contribution is -2.26. The van der Waals surface area contributed by atoms with E-state index in [0.29, 0.717) is 15.6 Å². The minimum Gasteiger partial charge on any atom is -0.346 e. The minimum atomic E-state index is -3.72. The molecule has 32 heavy (non-hydrogen) atoms. The van der Waals surface area contributed by atoms with Crippen LogP contribution < -0.4 is 10.0 Å². The monoisotopic (exact) mass is 486 g/mol. The zero-order valence-corrected chi connectivity index (χ0v) is 19.3. The van der Waals surface area contributed by atoms with Gasteiger partial charge < -0.3 is 9.88 Å². The van der Waals surface area contributed by atoms with Crippen molar-refractivity contribution in [2.45, 2.75) is 17.2 Å². The summed E-state index contributed by atoms with van der Waals surface area (Å²) in [6.45, 7) is 1.90. The van der Waals surface area contributed by atoms with Gasteiger partial charge in [0.05, 0.1) is 16.7 Å². The van der Waals surface area contributed by atoms with Gasteiger partial charge in [0.25, 0.3) is 15.9 Å². The van der Waals surface area contributed by atoms with E-state index in [1.165, 1.54) is 12.1 Å². The SMILES string of the molecule is CC(NC(=O)c1ccc(NS(=O)(=O)c2ccc(Cl)s2)cc1)c1ccc(-n2ccnc2)cc1. The first-order chi connectivity index (χ1) is 15.3. The van der Waals surface area contributed by atoms with Crippen molar-refractivity contribution in [3.05, 3.63) is 94.8 Å². The Labute approximate surface area is 194 Å². The number of carbonyl (C=O) groups excluding carboxylic acids is 1. The molecule has 0 aliphatic heterocycles. The Morgan fingerprint density at radius 3 is 2.38 bits per heavy atom. The van der Waals surface area contributed by atoms with Crippen molar-refractivity contribution in [2.24, 2.45) is 0 Å². The van der Waals surface area contributed by atoms with Crippen LogP contribution in [0.2, 0.25) is 4.34 Å². The fourth-order valence-electron chi connectivity index (χ4n) is 3.05. The number of aromatic nitrogens is 2. The second-order valence-corrected chi connectivity index (χ2v) is 10.6. The molecule has 2 N–H and O–H groups in total. The van der Waals surface area contributed by atoms with E-state index in [1.807, 2.05) is 42.0 Å². The number of amides is 1. The van der Waals surface area contributed by atoms with Gasteiger partial charge in [-0.2, -0.15) is 0 Å². The Balaban J connectivity index is 1.39. The molecule has 1 amide bonds. The summed E-state index contributed by atoms with van der Waals surface area (Å²) in [5.41, 5.74) is 2.72. The number of nitrogens with zero attached hydrogens (tertiary/aromatic N) is 2. The second kappa shape index (κ2) is 9.15. The predicted octanol–water partition coefficient (Wildman–Crippen LogP) is 4.88. The zero-order chi connectivity index (χ0) is 22.7. The van der Waals surface area contributed by atoms with Gasteiger partial charge in [0, 0.05) is 29.3 Å². The Bertz CT molecular complexity index is 1320. The van der Waals surface area contributed by atoms with Crippen LogP contribution in [0.4, 0.5) is 5.69 Å². The predicted molar refractivity (Wildman–Crippen MR) is 126 cm³/mol. The molecule has 10 heteroatoms. The molecule has 4 aromatic rings. The van der Waals surface area contributed by atoms with Crippen LogP contribution in [0, 0.1) is 0 Å². The molecule has 0 radical (unpaired) electrons. The molecule has 0 aliphatic carbocycles. The summed E-state index contributed by atoms with van der Waals surface area (Å²) in [5.74, 6) is -0.254. The van der Waals surface area contributed by atoms with Gasteiger partial charge in [-0.1, -0.05) is 23.7 Å². The summed E-state index contributed by atoms with van der Waals surface area (Å²) in [7, 11) is -3.72. The van der Waals surface area contributed by atoms with Gasteiger partial charge in [0.1, 0.15) is 4.21 Å².